The van der Waals surface area contributed by atoms with E-state index in [4.69, 9.17) is 0 Å². The van der Waals surface area contributed by atoms with Gasteiger partial charge < -0.3 is 5.11 Å². The van der Waals surface area contributed by atoms with Crippen molar-refractivity contribution in [2.75, 3.05) is 19.7 Å². The van der Waals surface area contributed by atoms with E-state index < -0.39 is 6.04 Å². The zero-order valence-corrected chi connectivity index (χ0v) is 14.9. The zero-order chi connectivity index (χ0) is 18.4. The highest BCUT2D eigenvalue weighted by molar-refractivity contribution is 5.78. The number of likely N-dealkylation sites (tertiary alicyclic amines) is 1. The third-order valence-corrected chi connectivity index (χ3v) is 4.97. The van der Waals surface area contributed by atoms with E-state index in [9.17, 15) is 15.1 Å². The summed E-state index contributed by atoms with van der Waals surface area (Å²) in [6.07, 6.45) is 1.16. The molecule has 5 nitrogen and oxygen atoms in total. The van der Waals surface area contributed by atoms with E-state index in [0.29, 0.717) is 13.0 Å². The van der Waals surface area contributed by atoms with Crippen molar-refractivity contribution >= 4 is 5.91 Å². The van der Waals surface area contributed by atoms with Gasteiger partial charge in [0, 0.05) is 13.1 Å². The molecule has 3 rings (SSSR count). The molecular formula is C21H26N2O3. The predicted molar refractivity (Wildman–Crippen MR) is 99.5 cm³/mol. The van der Waals surface area contributed by atoms with Crippen LogP contribution in [0.2, 0.25) is 0 Å². The molecule has 1 heterocycles. The molecule has 1 aliphatic heterocycles. The standard InChI is InChI=1S/C21H26N2O3/c24-16-20(13-17-7-3-1-4-8-17)23(26)21(25)19-11-12-22(15-19)14-18-9-5-2-6-10-18/h1-10,19-20,24,26H,11-16H2/t19-,20-/m0/s1. The number of aliphatic hydroxyl groups is 1. The number of rotatable bonds is 7. The van der Waals surface area contributed by atoms with Crippen molar-refractivity contribution in [1.82, 2.24) is 9.96 Å². The summed E-state index contributed by atoms with van der Waals surface area (Å²) in [5, 5.41) is 20.8. The molecule has 1 amide bonds. The smallest absolute Gasteiger partial charge is 0.250 e. The summed E-state index contributed by atoms with van der Waals surface area (Å²) < 4.78 is 0. The first-order valence-electron chi connectivity index (χ1n) is 9.10. The van der Waals surface area contributed by atoms with Gasteiger partial charge in [0.05, 0.1) is 18.6 Å². The molecule has 0 bridgehead atoms. The van der Waals surface area contributed by atoms with Crippen LogP contribution in [0.5, 0.6) is 0 Å². The van der Waals surface area contributed by atoms with Crippen LogP contribution in [0.1, 0.15) is 17.5 Å². The van der Waals surface area contributed by atoms with Crippen LogP contribution < -0.4 is 0 Å². The number of hydrogen-bond donors (Lipinski definition) is 2. The highest BCUT2D eigenvalue weighted by Gasteiger charge is 2.33. The molecule has 138 valence electrons. The van der Waals surface area contributed by atoms with Gasteiger partial charge in [0.15, 0.2) is 0 Å². The number of carbonyl (C=O) groups excluding carboxylic acids is 1. The van der Waals surface area contributed by atoms with E-state index in [1.807, 2.05) is 48.5 Å². The number of aliphatic hydroxyl groups excluding tert-OH is 1. The summed E-state index contributed by atoms with van der Waals surface area (Å²) in [5.41, 5.74) is 2.20. The Morgan fingerprint density at radius 2 is 1.69 bits per heavy atom. The molecule has 0 spiro atoms. The number of nitrogens with zero attached hydrogens (tertiary/aromatic N) is 2. The predicted octanol–water partition coefficient (Wildman–Crippen LogP) is 2.33. The maximum atomic E-state index is 12.7. The first kappa shape index (κ1) is 18.6. The van der Waals surface area contributed by atoms with Gasteiger partial charge in [-0.15, -0.1) is 0 Å². The highest BCUT2D eigenvalue weighted by atomic mass is 16.5. The molecule has 2 aromatic rings. The number of hydroxylamine groups is 2. The van der Waals surface area contributed by atoms with Crippen LogP contribution in [0, 0.1) is 5.92 Å². The minimum atomic E-state index is -0.618. The number of carbonyl (C=O) groups is 1. The maximum Gasteiger partial charge on any atom is 0.250 e. The summed E-state index contributed by atoms with van der Waals surface area (Å²) in [6, 6.07) is 19.1. The fourth-order valence-corrected chi connectivity index (χ4v) is 3.50. The quantitative estimate of drug-likeness (QED) is 0.592. The Balaban J connectivity index is 1.56. The van der Waals surface area contributed by atoms with Crippen LogP contribution in [0.15, 0.2) is 60.7 Å². The average Bonchev–Trinajstić information content (AvgIpc) is 3.15. The molecule has 26 heavy (non-hydrogen) atoms. The molecule has 5 heteroatoms. The van der Waals surface area contributed by atoms with Crippen molar-refractivity contribution in [2.45, 2.75) is 25.4 Å². The van der Waals surface area contributed by atoms with Crippen LogP contribution >= 0.6 is 0 Å². The lowest BCUT2D eigenvalue weighted by Crippen LogP contribution is -2.45. The lowest BCUT2D eigenvalue weighted by molar-refractivity contribution is -0.183. The second-order valence-electron chi connectivity index (χ2n) is 6.92. The second-order valence-corrected chi connectivity index (χ2v) is 6.92. The van der Waals surface area contributed by atoms with Gasteiger partial charge in [0.1, 0.15) is 0 Å². The van der Waals surface area contributed by atoms with Gasteiger partial charge in [-0.1, -0.05) is 60.7 Å². The van der Waals surface area contributed by atoms with Crippen molar-refractivity contribution in [2.24, 2.45) is 5.92 Å². The van der Waals surface area contributed by atoms with Crippen LogP contribution in [0.3, 0.4) is 0 Å². The monoisotopic (exact) mass is 354 g/mol. The molecule has 0 saturated carbocycles. The van der Waals surface area contributed by atoms with Crippen LogP contribution in [-0.4, -0.2) is 51.9 Å². The normalized spacial score (nSPS) is 18.6. The van der Waals surface area contributed by atoms with Crippen molar-refractivity contribution in [3.8, 4) is 0 Å². The van der Waals surface area contributed by atoms with Crippen molar-refractivity contribution in [3.05, 3.63) is 71.8 Å². The molecule has 2 atom stereocenters. The first-order chi connectivity index (χ1) is 12.7. The summed E-state index contributed by atoms with van der Waals surface area (Å²) >= 11 is 0. The van der Waals surface area contributed by atoms with E-state index in [0.717, 1.165) is 30.1 Å². The SMILES string of the molecule is O=C([C@H]1CCN(Cc2ccccc2)C1)N(O)[C@H](CO)Cc1ccccc1. The minimum Gasteiger partial charge on any atom is -0.394 e. The molecule has 1 saturated heterocycles. The molecule has 2 N–H and O–H groups in total. The maximum absolute atomic E-state index is 12.7. The third-order valence-electron chi connectivity index (χ3n) is 4.97. The van der Waals surface area contributed by atoms with Crippen molar-refractivity contribution in [3.63, 3.8) is 0 Å². The van der Waals surface area contributed by atoms with Gasteiger partial charge in [-0.25, -0.2) is 5.06 Å². The molecule has 2 aromatic carbocycles. The van der Waals surface area contributed by atoms with E-state index in [2.05, 4.69) is 17.0 Å². The Morgan fingerprint density at radius 1 is 1.08 bits per heavy atom. The Hall–Kier alpha value is -2.21. The second kappa shape index (κ2) is 8.94. The topological polar surface area (TPSA) is 64.0 Å². The van der Waals surface area contributed by atoms with Crippen molar-refractivity contribution < 1.29 is 15.1 Å². The molecular weight excluding hydrogens is 328 g/mol. The number of hydrogen-bond acceptors (Lipinski definition) is 4. The first-order valence-corrected chi connectivity index (χ1v) is 9.10. The lowest BCUT2D eigenvalue weighted by Gasteiger charge is -2.27. The van der Waals surface area contributed by atoms with Gasteiger partial charge in [0.25, 0.3) is 5.91 Å². The van der Waals surface area contributed by atoms with Crippen LogP contribution in [0.4, 0.5) is 0 Å². The summed E-state index contributed by atoms with van der Waals surface area (Å²) in [4.78, 5) is 14.9. The van der Waals surface area contributed by atoms with Gasteiger partial charge >= 0.3 is 0 Å². The summed E-state index contributed by atoms with van der Waals surface area (Å²) in [7, 11) is 0. The number of amides is 1. The van der Waals surface area contributed by atoms with E-state index in [-0.39, 0.29) is 18.4 Å². The minimum absolute atomic E-state index is 0.228. The van der Waals surface area contributed by atoms with Crippen LogP contribution in [-0.2, 0) is 17.8 Å². The van der Waals surface area contributed by atoms with E-state index >= 15 is 0 Å². The Morgan fingerprint density at radius 3 is 2.31 bits per heavy atom. The molecule has 0 radical (unpaired) electrons. The lowest BCUT2D eigenvalue weighted by atomic mass is 10.0. The molecule has 0 unspecified atom stereocenters. The van der Waals surface area contributed by atoms with E-state index in [1.54, 1.807) is 0 Å². The molecule has 1 fully saturated rings. The van der Waals surface area contributed by atoms with Gasteiger partial charge in [-0.05, 0) is 30.5 Å². The van der Waals surface area contributed by atoms with Gasteiger partial charge in [-0.3, -0.25) is 14.9 Å². The van der Waals surface area contributed by atoms with Gasteiger partial charge in [0.2, 0.25) is 0 Å². The van der Waals surface area contributed by atoms with Crippen LogP contribution in [0.25, 0.3) is 0 Å². The molecule has 0 aliphatic carbocycles. The Labute approximate surface area is 154 Å². The highest BCUT2D eigenvalue weighted by Crippen LogP contribution is 2.22. The Kier molecular flexibility index (Phi) is 6.39. The summed E-state index contributed by atoms with van der Waals surface area (Å²) in [5.74, 6) is -0.524. The summed E-state index contributed by atoms with van der Waals surface area (Å²) in [6.45, 7) is 2.01. The molecule has 0 aromatic heterocycles. The van der Waals surface area contributed by atoms with E-state index in [1.165, 1.54) is 5.56 Å². The molecule has 1 aliphatic rings. The Bertz CT molecular complexity index is 693. The number of benzene rings is 2. The van der Waals surface area contributed by atoms with Gasteiger partial charge in [-0.2, -0.15) is 0 Å². The van der Waals surface area contributed by atoms with Crippen molar-refractivity contribution in [1.29, 1.82) is 0 Å². The average molecular weight is 354 g/mol. The largest absolute Gasteiger partial charge is 0.394 e. The fraction of sp³-hybridized carbons (Fsp3) is 0.381. The fourth-order valence-electron chi connectivity index (χ4n) is 3.50. The third kappa shape index (κ3) is 4.69. The zero-order valence-electron chi connectivity index (χ0n) is 14.9.